The summed E-state index contributed by atoms with van der Waals surface area (Å²) in [6.07, 6.45) is 1.02. The Morgan fingerprint density at radius 2 is 1.67 bits per heavy atom. The minimum atomic E-state index is -4.66. The van der Waals surface area contributed by atoms with E-state index in [1.54, 1.807) is 0 Å². The van der Waals surface area contributed by atoms with Crippen LogP contribution in [0.4, 0.5) is 12.9 Å². The zero-order chi connectivity index (χ0) is 10.2. The maximum atomic E-state index is 12.5. The zero-order valence-electron chi connectivity index (χ0n) is 8.72. The number of aryl methyl sites for hydroxylation is 1. The Morgan fingerprint density at radius 3 is 2.27 bits per heavy atom. The van der Waals surface area contributed by atoms with Crippen LogP contribution in [0.5, 0.6) is 0 Å². The molecule has 1 unspecified atom stereocenters. The summed E-state index contributed by atoms with van der Waals surface area (Å²) in [5.74, 6) is -1.08. The number of hydrogen-bond donors (Lipinski definition) is 0. The molecule has 0 aromatic heterocycles. The van der Waals surface area contributed by atoms with Gasteiger partial charge in [-0.1, -0.05) is 36.5 Å². The molecule has 1 aromatic carbocycles. The van der Waals surface area contributed by atoms with E-state index < -0.39 is 12.8 Å². The van der Waals surface area contributed by atoms with Gasteiger partial charge in [-0.25, -0.2) is 0 Å². The van der Waals surface area contributed by atoms with Gasteiger partial charge in [0.25, 0.3) is 0 Å². The van der Waals surface area contributed by atoms with Gasteiger partial charge in [-0.3, -0.25) is 0 Å². The van der Waals surface area contributed by atoms with Crippen LogP contribution in [0, 0.1) is 0 Å². The smallest absolute Gasteiger partial charge is 0.449 e. The van der Waals surface area contributed by atoms with E-state index in [0.29, 0.717) is 6.42 Å². The third kappa shape index (κ3) is 3.33. The standard InChI is InChI=1S/C10H11BF3.K/c12-11(13,14)10-6-5-8-3-1-2-4-9(8)7-10;/h1-4,10H,5-7H2;/q-1;+1. The van der Waals surface area contributed by atoms with E-state index in [0.717, 1.165) is 11.1 Å². The van der Waals surface area contributed by atoms with Gasteiger partial charge in [-0.15, -0.1) is 0 Å². The van der Waals surface area contributed by atoms with Crippen molar-refractivity contribution in [2.45, 2.75) is 25.1 Å². The van der Waals surface area contributed by atoms with E-state index in [9.17, 15) is 12.9 Å². The van der Waals surface area contributed by atoms with Crippen molar-refractivity contribution < 1.29 is 64.3 Å². The van der Waals surface area contributed by atoms with E-state index in [1.807, 2.05) is 24.3 Å². The fourth-order valence-electron chi connectivity index (χ4n) is 2.05. The molecule has 0 nitrogen and oxygen atoms in total. The second kappa shape index (κ2) is 5.36. The van der Waals surface area contributed by atoms with Crippen molar-refractivity contribution in [1.82, 2.24) is 0 Å². The molecule has 1 atom stereocenters. The van der Waals surface area contributed by atoms with Gasteiger partial charge in [0, 0.05) is 0 Å². The molecule has 1 aromatic rings. The fourth-order valence-corrected chi connectivity index (χ4v) is 2.05. The van der Waals surface area contributed by atoms with Gasteiger partial charge in [0.1, 0.15) is 0 Å². The van der Waals surface area contributed by atoms with Crippen LogP contribution in [-0.4, -0.2) is 6.98 Å². The van der Waals surface area contributed by atoms with Gasteiger partial charge in [-0.2, -0.15) is 0 Å². The molecule has 5 heteroatoms. The van der Waals surface area contributed by atoms with Crippen molar-refractivity contribution in [3.8, 4) is 0 Å². The summed E-state index contributed by atoms with van der Waals surface area (Å²) in [5, 5.41) is 0. The molecule has 0 spiro atoms. The summed E-state index contributed by atoms with van der Waals surface area (Å²) in [5.41, 5.74) is 1.96. The van der Waals surface area contributed by atoms with Crippen molar-refractivity contribution in [2.75, 3.05) is 0 Å². The summed E-state index contributed by atoms with van der Waals surface area (Å²) in [4.78, 5) is 0. The maximum Gasteiger partial charge on any atom is 1.00 e. The van der Waals surface area contributed by atoms with Gasteiger partial charge in [0.15, 0.2) is 0 Å². The first-order valence-corrected chi connectivity index (χ1v) is 4.84. The molecule has 0 saturated heterocycles. The maximum absolute atomic E-state index is 12.5. The third-order valence-corrected chi connectivity index (χ3v) is 2.92. The number of fused-ring (bicyclic) bond motifs is 1. The van der Waals surface area contributed by atoms with Gasteiger partial charge in [-0.05, 0) is 24.0 Å². The molecule has 0 heterocycles. The van der Waals surface area contributed by atoms with Crippen LogP contribution in [0.3, 0.4) is 0 Å². The zero-order valence-corrected chi connectivity index (χ0v) is 11.8. The summed E-state index contributed by atoms with van der Waals surface area (Å²) < 4.78 is 37.5. The van der Waals surface area contributed by atoms with Crippen LogP contribution in [0.2, 0.25) is 5.82 Å². The minimum absolute atomic E-state index is 0. The second-order valence-electron chi connectivity index (χ2n) is 3.90. The van der Waals surface area contributed by atoms with Crippen molar-refractivity contribution in [1.29, 1.82) is 0 Å². The Morgan fingerprint density at radius 1 is 1.07 bits per heavy atom. The van der Waals surface area contributed by atoms with Gasteiger partial charge in [0.05, 0.1) is 0 Å². The average Bonchev–Trinajstić information content (AvgIpc) is 2.16. The molecule has 0 aliphatic heterocycles. The number of hydrogen-bond acceptors (Lipinski definition) is 0. The third-order valence-electron chi connectivity index (χ3n) is 2.92. The summed E-state index contributed by atoms with van der Waals surface area (Å²) in [6, 6.07) is 7.43. The molecule has 76 valence electrons. The van der Waals surface area contributed by atoms with E-state index >= 15 is 0 Å². The molecule has 0 saturated carbocycles. The van der Waals surface area contributed by atoms with E-state index in [1.165, 1.54) is 0 Å². The van der Waals surface area contributed by atoms with Crippen LogP contribution >= 0.6 is 0 Å². The SMILES string of the molecule is F[B-](F)(F)C1CCc2ccccc2C1.[K+]. The van der Waals surface area contributed by atoms with Gasteiger partial charge >= 0.3 is 58.4 Å². The van der Waals surface area contributed by atoms with Crippen molar-refractivity contribution in [3.05, 3.63) is 35.4 Å². The quantitative estimate of drug-likeness (QED) is 0.621. The largest absolute Gasteiger partial charge is 1.00 e. The van der Waals surface area contributed by atoms with Crippen LogP contribution in [0.15, 0.2) is 24.3 Å². The fraction of sp³-hybridized carbons (Fsp3) is 0.400. The monoisotopic (exact) mass is 238 g/mol. The second-order valence-corrected chi connectivity index (χ2v) is 3.90. The topological polar surface area (TPSA) is 0 Å². The Balaban J connectivity index is 0.00000112. The molecule has 0 amide bonds. The molecule has 1 aliphatic carbocycles. The average molecular weight is 238 g/mol. The van der Waals surface area contributed by atoms with Crippen molar-refractivity contribution in [2.24, 2.45) is 0 Å². The molecule has 0 radical (unpaired) electrons. The Bertz CT molecular complexity index is 338. The molecule has 1 aliphatic rings. The molecule has 0 N–H and O–H groups in total. The molecule has 2 rings (SSSR count). The van der Waals surface area contributed by atoms with Crippen LogP contribution in [0.1, 0.15) is 17.5 Å². The van der Waals surface area contributed by atoms with Crippen LogP contribution < -0.4 is 51.4 Å². The van der Waals surface area contributed by atoms with E-state index in [-0.39, 0.29) is 64.2 Å². The molecular formula is C10H11BF3K. The van der Waals surface area contributed by atoms with Crippen molar-refractivity contribution in [3.63, 3.8) is 0 Å². The first kappa shape index (κ1) is 13.8. The van der Waals surface area contributed by atoms with Gasteiger partial charge in [0.2, 0.25) is 0 Å². The first-order chi connectivity index (χ1) is 6.57. The van der Waals surface area contributed by atoms with Crippen LogP contribution in [0.25, 0.3) is 0 Å². The number of benzene rings is 1. The predicted molar refractivity (Wildman–Crippen MR) is 51.3 cm³/mol. The Kier molecular flexibility index (Phi) is 4.92. The van der Waals surface area contributed by atoms with Crippen LogP contribution in [-0.2, 0) is 12.8 Å². The Labute approximate surface area is 130 Å². The van der Waals surface area contributed by atoms with E-state index in [4.69, 9.17) is 0 Å². The van der Waals surface area contributed by atoms with Crippen molar-refractivity contribution >= 4 is 6.98 Å². The number of halogens is 3. The summed E-state index contributed by atoms with van der Waals surface area (Å²) in [7, 11) is 0. The molecule has 15 heavy (non-hydrogen) atoms. The van der Waals surface area contributed by atoms with Gasteiger partial charge < -0.3 is 12.9 Å². The Hall–Kier alpha value is 0.711. The minimum Gasteiger partial charge on any atom is -0.449 e. The molecular weight excluding hydrogens is 227 g/mol. The first-order valence-electron chi connectivity index (χ1n) is 4.84. The molecule has 0 fully saturated rings. The molecule has 0 bridgehead atoms. The normalized spacial score (nSPS) is 20.3. The summed E-state index contributed by atoms with van der Waals surface area (Å²) in [6.45, 7) is -4.66. The van der Waals surface area contributed by atoms with E-state index in [2.05, 4.69) is 0 Å². The predicted octanol–water partition coefficient (Wildman–Crippen LogP) is 0.397. The number of rotatable bonds is 1. The summed E-state index contributed by atoms with van der Waals surface area (Å²) >= 11 is 0.